The molecule has 0 aliphatic heterocycles. The zero-order valence-electron chi connectivity index (χ0n) is 9.62. The molecule has 0 saturated heterocycles. The van der Waals surface area contributed by atoms with E-state index >= 15 is 0 Å². The van der Waals surface area contributed by atoms with Crippen LogP contribution >= 0.6 is 0 Å². The van der Waals surface area contributed by atoms with Crippen LogP contribution in [-0.4, -0.2) is 5.91 Å². The third-order valence-corrected chi connectivity index (χ3v) is 3.18. The Balaban J connectivity index is 1.94. The maximum Gasteiger partial charge on any atom is 0.224 e. The van der Waals surface area contributed by atoms with Crippen LogP contribution in [0, 0.1) is 12.8 Å². The summed E-state index contributed by atoms with van der Waals surface area (Å²) in [6.07, 6.45) is 4.28. The van der Waals surface area contributed by atoms with Gasteiger partial charge in [0.1, 0.15) is 0 Å². The minimum Gasteiger partial charge on any atom is -0.397 e. The Morgan fingerprint density at radius 2 is 2.25 bits per heavy atom. The third-order valence-electron chi connectivity index (χ3n) is 3.18. The molecule has 1 aliphatic rings. The molecule has 1 aliphatic carbocycles. The lowest BCUT2D eigenvalue weighted by Gasteiger charge is -2.24. The Hall–Kier alpha value is -1.51. The van der Waals surface area contributed by atoms with Crippen LogP contribution in [0.4, 0.5) is 11.4 Å². The fraction of sp³-hybridized carbons (Fsp3) is 0.462. The number of hydrogen-bond acceptors (Lipinski definition) is 2. The van der Waals surface area contributed by atoms with E-state index in [1.54, 1.807) is 0 Å². The van der Waals surface area contributed by atoms with E-state index in [1.807, 2.05) is 25.1 Å². The van der Waals surface area contributed by atoms with E-state index in [1.165, 1.54) is 19.3 Å². The number of benzene rings is 1. The van der Waals surface area contributed by atoms with Crippen LogP contribution in [0.3, 0.4) is 0 Å². The molecule has 1 fully saturated rings. The number of anilines is 2. The summed E-state index contributed by atoms with van der Waals surface area (Å²) in [6.45, 7) is 1.98. The van der Waals surface area contributed by atoms with Crippen molar-refractivity contribution < 1.29 is 4.79 Å². The quantitative estimate of drug-likeness (QED) is 0.766. The van der Waals surface area contributed by atoms with Gasteiger partial charge in [0.05, 0.1) is 11.4 Å². The van der Waals surface area contributed by atoms with Gasteiger partial charge in [-0.1, -0.05) is 12.5 Å². The molecule has 0 aromatic heterocycles. The van der Waals surface area contributed by atoms with Gasteiger partial charge < -0.3 is 11.1 Å². The highest BCUT2D eigenvalue weighted by Crippen LogP contribution is 2.30. The molecule has 0 heterocycles. The molecule has 3 heteroatoms. The molecule has 0 bridgehead atoms. The largest absolute Gasteiger partial charge is 0.397 e. The summed E-state index contributed by atoms with van der Waals surface area (Å²) in [5.41, 5.74) is 8.31. The van der Waals surface area contributed by atoms with E-state index < -0.39 is 0 Å². The first-order valence-corrected chi connectivity index (χ1v) is 5.81. The molecular formula is C13H18N2O. The van der Waals surface area contributed by atoms with Crippen molar-refractivity contribution in [1.29, 1.82) is 0 Å². The number of hydrogen-bond donors (Lipinski definition) is 2. The van der Waals surface area contributed by atoms with E-state index in [4.69, 9.17) is 5.73 Å². The SMILES string of the molecule is Cc1ccc(NC(=O)CC2CCC2)c(N)c1. The maximum atomic E-state index is 11.7. The highest BCUT2D eigenvalue weighted by molar-refractivity contribution is 5.94. The predicted octanol–water partition coefficient (Wildman–Crippen LogP) is 2.71. The summed E-state index contributed by atoms with van der Waals surface area (Å²) in [5, 5.41) is 2.87. The number of carbonyl (C=O) groups is 1. The summed E-state index contributed by atoms with van der Waals surface area (Å²) < 4.78 is 0. The average molecular weight is 218 g/mol. The summed E-state index contributed by atoms with van der Waals surface area (Å²) in [7, 11) is 0. The van der Waals surface area contributed by atoms with Gasteiger partial charge in [-0.3, -0.25) is 4.79 Å². The van der Waals surface area contributed by atoms with Crippen LogP contribution < -0.4 is 11.1 Å². The smallest absolute Gasteiger partial charge is 0.224 e. The maximum absolute atomic E-state index is 11.7. The van der Waals surface area contributed by atoms with Gasteiger partial charge in [0.15, 0.2) is 0 Å². The first kappa shape index (κ1) is 11.0. The Labute approximate surface area is 96.0 Å². The second kappa shape index (κ2) is 4.56. The van der Waals surface area contributed by atoms with Crippen molar-refractivity contribution in [2.75, 3.05) is 11.1 Å². The van der Waals surface area contributed by atoms with Gasteiger partial charge in [0, 0.05) is 6.42 Å². The van der Waals surface area contributed by atoms with E-state index in [0.717, 1.165) is 11.3 Å². The molecule has 2 rings (SSSR count). The summed E-state index contributed by atoms with van der Waals surface area (Å²) in [6, 6.07) is 5.69. The lowest BCUT2D eigenvalue weighted by molar-refractivity contribution is -0.117. The number of carbonyl (C=O) groups excluding carboxylic acids is 1. The Morgan fingerprint density at radius 1 is 1.50 bits per heavy atom. The molecule has 0 unspecified atom stereocenters. The van der Waals surface area contributed by atoms with Crippen molar-refractivity contribution in [3.63, 3.8) is 0 Å². The molecule has 86 valence electrons. The lowest BCUT2D eigenvalue weighted by atomic mass is 9.83. The van der Waals surface area contributed by atoms with Crippen molar-refractivity contribution >= 4 is 17.3 Å². The van der Waals surface area contributed by atoms with Crippen LogP contribution in [0.1, 0.15) is 31.2 Å². The van der Waals surface area contributed by atoms with Gasteiger partial charge >= 0.3 is 0 Å². The molecule has 0 atom stereocenters. The number of rotatable bonds is 3. The van der Waals surface area contributed by atoms with Crippen molar-refractivity contribution in [3.8, 4) is 0 Å². The molecule has 1 aromatic carbocycles. The van der Waals surface area contributed by atoms with Gasteiger partial charge in [0.25, 0.3) is 0 Å². The second-order valence-corrected chi connectivity index (χ2v) is 4.64. The zero-order chi connectivity index (χ0) is 11.5. The van der Waals surface area contributed by atoms with Crippen LogP contribution in [0.25, 0.3) is 0 Å². The molecule has 3 N–H and O–H groups in total. The zero-order valence-corrected chi connectivity index (χ0v) is 9.62. The molecule has 3 nitrogen and oxygen atoms in total. The third kappa shape index (κ3) is 2.54. The van der Waals surface area contributed by atoms with Crippen LogP contribution in [0.2, 0.25) is 0 Å². The molecule has 0 radical (unpaired) electrons. The van der Waals surface area contributed by atoms with Crippen LogP contribution in [0.15, 0.2) is 18.2 Å². The first-order chi connectivity index (χ1) is 7.65. The molecule has 1 amide bonds. The number of aryl methyl sites for hydroxylation is 1. The Kier molecular flexibility index (Phi) is 3.13. The number of nitrogens with one attached hydrogen (secondary N) is 1. The molecule has 1 aromatic rings. The lowest BCUT2D eigenvalue weighted by Crippen LogP contribution is -2.21. The van der Waals surface area contributed by atoms with Gasteiger partial charge in [-0.25, -0.2) is 0 Å². The Morgan fingerprint density at radius 3 is 2.81 bits per heavy atom. The summed E-state index contributed by atoms with van der Waals surface area (Å²) in [4.78, 5) is 11.7. The number of amides is 1. The van der Waals surface area contributed by atoms with Crippen LogP contribution in [0.5, 0.6) is 0 Å². The van der Waals surface area contributed by atoms with E-state index in [2.05, 4.69) is 5.32 Å². The fourth-order valence-corrected chi connectivity index (χ4v) is 1.96. The standard InChI is InChI=1S/C13H18N2O/c1-9-5-6-12(11(14)7-9)15-13(16)8-10-3-2-4-10/h5-7,10H,2-4,8,14H2,1H3,(H,15,16). The number of nitrogen functional groups attached to an aromatic ring is 1. The first-order valence-electron chi connectivity index (χ1n) is 5.81. The van der Waals surface area contributed by atoms with Gasteiger partial charge in [0.2, 0.25) is 5.91 Å². The average Bonchev–Trinajstić information content (AvgIpc) is 2.16. The van der Waals surface area contributed by atoms with Crippen molar-refractivity contribution in [2.45, 2.75) is 32.6 Å². The van der Waals surface area contributed by atoms with E-state index in [9.17, 15) is 4.79 Å². The van der Waals surface area contributed by atoms with E-state index in [0.29, 0.717) is 18.0 Å². The van der Waals surface area contributed by atoms with Crippen molar-refractivity contribution in [2.24, 2.45) is 5.92 Å². The number of nitrogens with two attached hydrogens (primary N) is 1. The summed E-state index contributed by atoms with van der Waals surface area (Å²) >= 11 is 0. The van der Waals surface area contributed by atoms with Crippen molar-refractivity contribution in [3.05, 3.63) is 23.8 Å². The molecular weight excluding hydrogens is 200 g/mol. The van der Waals surface area contributed by atoms with Gasteiger partial charge in [-0.15, -0.1) is 0 Å². The molecule has 1 saturated carbocycles. The van der Waals surface area contributed by atoms with E-state index in [-0.39, 0.29) is 5.91 Å². The summed E-state index contributed by atoms with van der Waals surface area (Å²) in [5.74, 6) is 0.673. The van der Waals surface area contributed by atoms with Crippen LogP contribution in [-0.2, 0) is 4.79 Å². The van der Waals surface area contributed by atoms with Gasteiger partial charge in [-0.2, -0.15) is 0 Å². The highest BCUT2D eigenvalue weighted by Gasteiger charge is 2.20. The normalized spacial score (nSPS) is 15.6. The fourth-order valence-electron chi connectivity index (χ4n) is 1.96. The minimum absolute atomic E-state index is 0.0836. The predicted molar refractivity (Wildman–Crippen MR) is 66.2 cm³/mol. The topological polar surface area (TPSA) is 55.1 Å². The van der Waals surface area contributed by atoms with Gasteiger partial charge in [-0.05, 0) is 43.4 Å². The highest BCUT2D eigenvalue weighted by atomic mass is 16.1. The Bertz CT molecular complexity index is 397. The minimum atomic E-state index is 0.0836. The second-order valence-electron chi connectivity index (χ2n) is 4.64. The molecule has 0 spiro atoms. The van der Waals surface area contributed by atoms with Crippen molar-refractivity contribution in [1.82, 2.24) is 0 Å². The molecule has 16 heavy (non-hydrogen) atoms. The monoisotopic (exact) mass is 218 g/mol.